The van der Waals surface area contributed by atoms with Gasteiger partial charge in [-0.2, -0.15) is 0 Å². The summed E-state index contributed by atoms with van der Waals surface area (Å²) in [6, 6.07) is 6.95. The molecular weight excluding hydrogens is 428 g/mol. The van der Waals surface area contributed by atoms with E-state index in [1.54, 1.807) is 23.6 Å². The lowest BCUT2D eigenvalue weighted by Crippen LogP contribution is -2.16. The second-order valence-corrected chi connectivity index (χ2v) is 8.76. The zero-order valence-electron chi connectivity index (χ0n) is 14.7. The van der Waals surface area contributed by atoms with Crippen LogP contribution in [0.25, 0.3) is 5.65 Å². The summed E-state index contributed by atoms with van der Waals surface area (Å²) in [4.78, 5) is 31.1. The smallest absolute Gasteiger partial charge is 0.348 e. The minimum Gasteiger partial charge on any atom is -0.455 e. The first-order valence-electron chi connectivity index (χ1n) is 9.07. The number of hydrogen-bond acceptors (Lipinski definition) is 5. The topological polar surface area (TPSA) is 60.7 Å². The number of ether oxygens (including phenoxy) is 1. The third-order valence-electron chi connectivity index (χ3n) is 4.73. The molecule has 0 saturated carbocycles. The van der Waals surface area contributed by atoms with Crippen LogP contribution in [0.15, 0.2) is 39.7 Å². The van der Waals surface area contributed by atoms with Crippen molar-refractivity contribution in [3.05, 3.63) is 66.3 Å². The maximum absolute atomic E-state index is 12.5. The van der Waals surface area contributed by atoms with Crippen molar-refractivity contribution in [2.45, 2.75) is 45.1 Å². The van der Waals surface area contributed by atoms with Gasteiger partial charge in [0, 0.05) is 21.6 Å². The Morgan fingerprint density at radius 1 is 1.19 bits per heavy atom. The predicted octanol–water partition coefficient (Wildman–Crippen LogP) is 4.53. The van der Waals surface area contributed by atoms with E-state index in [9.17, 15) is 9.59 Å². The molecule has 0 amide bonds. The lowest BCUT2D eigenvalue weighted by Gasteiger charge is -2.07. The maximum Gasteiger partial charge on any atom is 0.348 e. The summed E-state index contributed by atoms with van der Waals surface area (Å²) in [7, 11) is 0. The van der Waals surface area contributed by atoms with Crippen LogP contribution in [0.3, 0.4) is 0 Å². The normalized spacial score (nSPS) is 14.4. The van der Waals surface area contributed by atoms with Gasteiger partial charge in [-0.05, 0) is 65.4 Å². The number of nitrogens with zero attached hydrogens (tertiary/aromatic N) is 2. The standard InChI is InChI=1S/C20H19BrN2O3S/c21-14-7-8-18-22-15(10-19(24)23(18)11-14)12-26-20(25)17-9-13-5-3-1-2-4-6-16(13)27-17/h7-11H,1-6,12H2. The molecule has 0 unspecified atom stereocenters. The molecule has 4 rings (SSSR count). The average molecular weight is 447 g/mol. The molecule has 0 N–H and O–H groups in total. The summed E-state index contributed by atoms with van der Waals surface area (Å²) in [5.74, 6) is -0.343. The maximum atomic E-state index is 12.5. The molecule has 1 aliphatic rings. The van der Waals surface area contributed by atoms with Gasteiger partial charge >= 0.3 is 5.97 Å². The third-order valence-corrected chi connectivity index (χ3v) is 6.41. The molecule has 0 fully saturated rings. The fourth-order valence-corrected chi connectivity index (χ4v) is 4.84. The van der Waals surface area contributed by atoms with Crippen molar-refractivity contribution in [2.75, 3.05) is 0 Å². The van der Waals surface area contributed by atoms with E-state index in [-0.39, 0.29) is 18.1 Å². The van der Waals surface area contributed by atoms with E-state index in [4.69, 9.17) is 4.74 Å². The number of hydrogen-bond donors (Lipinski definition) is 0. The van der Waals surface area contributed by atoms with Crippen LogP contribution in [0, 0.1) is 0 Å². The highest BCUT2D eigenvalue weighted by atomic mass is 79.9. The van der Waals surface area contributed by atoms with Crippen molar-refractivity contribution < 1.29 is 9.53 Å². The number of carbonyl (C=O) groups is 1. The molecule has 1 aliphatic carbocycles. The van der Waals surface area contributed by atoms with Crippen molar-refractivity contribution in [2.24, 2.45) is 0 Å². The predicted molar refractivity (Wildman–Crippen MR) is 108 cm³/mol. The first kappa shape index (κ1) is 18.4. The highest BCUT2D eigenvalue weighted by Gasteiger charge is 2.17. The average Bonchev–Trinajstić information content (AvgIpc) is 3.02. The van der Waals surface area contributed by atoms with Gasteiger partial charge in [0.25, 0.3) is 5.56 Å². The summed E-state index contributed by atoms with van der Waals surface area (Å²) in [6.45, 7) is -0.0107. The first-order valence-corrected chi connectivity index (χ1v) is 10.7. The van der Waals surface area contributed by atoms with Gasteiger partial charge in [0.15, 0.2) is 0 Å². The minimum atomic E-state index is -0.343. The Hall–Kier alpha value is -1.99. The Bertz CT molecular complexity index is 1030. The Balaban J connectivity index is 1.49. The number of halogens is 1. The van der Waals surface area contributed by atoms with E-state index >= 15 is 0 Å². The second kappa shape index (κ2) is 7.94. The largest absolute Gasteiger partial charge is 0.455 e. The van der Waals surface area contributed by atoms with Crippen LogP contribution in [-0.2, 0) is 24.2 Å². The molecule has 0 radical (unpaired) electrons. The number of carbonyl (C=O) groups excluding carboxylic acids is 1. The number of pyridine rings is 1. The molecule has 0 atom stereocenters. The molecule has 7 heteroatoms. The highest BCUT2D eigenvalue weighted by molar-refractivity contribution is 9.10. The minimum absolute atomic E-state index is 0.0107. The van der Waals surface area contributed by atoms with E-state index in [1.807, 2.05) is 12.1 Å². The van der Waals surface area contributed by atoms with Crippen molar-refractivity contribution in [3.63, 3.8) is 0 Å². The summed E-state index contributed by atoms with van der Waals surface area (Å²) < 4.78 is 7.68. The summed E-state index contributed by atoms with van der Waals surface area (Å²) in [6.07, 6.45) is 8.64. The molecule has 5 nitrogen and oxygen atoms in total. The fourth-order valence-electron chi connectivity index (χ4n) is 3.36. The van der Waals surface area contributed by atoms with Gasteiger partial charge in [0.1, 0.15) is 17.1 Å². The quantitative estimate of drug-likeness (QED) is 0.554. The second-order valence-electron chi connectivity index (χ2n) is 6.71. The Morgan fingerprint density at radius 2 is 2.00 bits per heavy atom. The zero-order chi connectivity index (χ0) is 18.8. The molecular formula is C20H19BrN2O3S. The lowest BCUT2D eigenvalue weighted by atomic mass is 10.00. The summed E-state index contributed by atoms with van der Waals surface area (Å²) >= 11 is 4.88. The third kappa shape index (κ3) is 4.14. The Labute approximate surface area is 169 Å². The van der Waals surface area contributed by atoms with Crippen molar-refractivity contribution in [1.82, 2.24) is 9.38 Å². The molecule has 3 aromatic heterocycles. The van der Waals surface area contributed by atoms with Gasteiger partial charge in [0.2, 0.25) is 0 Å². The number of esters is 1. The number of aryl methyl sites for hydroxylation is 2. The number of thiophene rings is 1. The van der Waals surface area contributed by atoms with Gasteiger partial charge < -0.3 is 4.74 Å². The summed E-state index contributed by atoms with van der Waals surface area (Å²) in [5.41, 5.74) is 2.06. The first-order chi connectivity index (χ1) is 13.1. The molecule has 3 aromatic rings. The van der Waals surface area contributed by atoms with Gasteiger partial charge in [-0.1, -0.05) is 12.8 Å². The Morgan fingerprint density at radius 3 is 2.85 bits per heavy atom. The molecule has 0 aromatic carbocycles. The van der Waals surface area contributed by atoms with Crippen LogP contribution < -0.4 is 5.56 Å². The molecule has 140 valence electrons. The van der Waals surface area contributed by atoms with Gasteiger partial charge in [-0.15, -0.1) is 11.3 Å². The van der Waals surface area contributed by atoms with Crippen LogP contribution in [0.4, 0.5) is 0 Å². The van der Waals surface area contributed by atoms with E-state index in [2.05, 4.69) is 20.9 Å². The van der Waals surface area contributed by atoms with Crippen LogP contribution in [0.2, 0.25) is 0 Å². The number of fused-ring (bicyclic) bond motifs is 2. The number of rotatable bonds is 3. The fraction of sp³-hybridized carbons (Fsp3) is 0.350. The van der Waals surface area contributed by atoms with Crippen LogP contribution in [0.1, 0.15) is 51.5 Å². The molecule has 0 bridgehead atoms. The lowest BCUT2D eigenvalue weighted by molar-refractivity contribution is 0.0473. The molecule has 0 spiro atoms. The monoisotopic (exact) mass is 446 g/mol. The van der Waals surface area contributed by atoms with Crippen molar-refractivity contribution in [1.29, 1.82) is 0 Å². The van der Waals surface area contributed by atoms with E-state index < -0.39 is 0 Å². The van der Waals surface area contributed by atoms with Crippen LogP contribution in [-0.4, -0.2) is 15.4 Å². The van der Waals surface area contributed by atoms with Crippen molar-refractivity contribution >= 4 is 38.9 Å². The van der Waals surface area contributed by atoms with Gasteiger partial charge in [-0.3, -0.25) is 9.20 Å². The zero-order valence-corrected chi connectivity index (χ0v) is 17.1. The molecule has 27 heavy (non-hydrogen) atoms. The van der Waals surface area contributed by atoms with Crippen molar-refractivity contribution in [3.8, 4) is 0 Å². The van der Waals surface area contributed by atoms with Gasteiger partial charge in [0.05, 0.1) is 5.69 Å². The van der Waals surface area contributed by atoms with E-state index in [0.717, 1.165) is 17.3 Å². The molecule has 3 heterocycles. The SMILES string of the molecule is O=C(OCc1cc(=O)n2cc(Br)ccc2n1)c1cc2c(s1)CCCCCC2. The molecule has 0 aliphatic heterocycles. The van der Waals surface area contributed by atoms with Crippen LogP contribution in [0.5, 0.6) is 0 Å². The van der Waals surface area contributed by atoms with Crippen LogP contribution >= 0.6 is 27.3 Å². The molecule has 0 saturated heterocycles. The number of aromatic nitrogens is 2. The Kier molecular flexibility index (Phi) is 5.41. The van der Waals surface area contributed by atoms with E-state index in [1.165, 1.54) is 46.6 Å². The highest BCUT2D eigenvalue weighted by Crippen LogP contribution is 2.29. The summed E-state index contributed by atoms with van der Waals surface area (Å²) in [5, 5.41) is 0. The van der Waals surface area contributed by atoms with Gasteiger partial charge in [-0.25, -0.2) is 9.78 Å². The van der Waals surface area contributed by atoms with E-state index in [0.29, 0.717) is 16.2 Å².